The van der Waals surface area contributed by atoms with E-state index in [2.05, 4.69) is 140 Å². The van der Waals surface area contributed by atoms with Crippen LogP contribution >= 0.6 is 0 Å². The van der Waals surface area contributed by atoms with E-state index in [-0.39, 0.29) is 10.8 Å². The van der Waals surface area contributed by atoms with Gasteiger partial charge in [-0.3, -0.25) is 0 Å². The van der Waals surface area contributed by atoms with Crippen LogP contribution in [0.4, 0.5) is 17.1 Å². The van der Waals surface area contributed by atoms with Crippen molar-refractivity contribution in [1.82, 2.24) is 0 Å². The van der Waals surface area contributed by atoms with Crippen LogP contribution in [-0.4, -0.2) is 0 Å². The smallest absolute Gasteiger partial charge is 0.0468 e. The van der Waals surface area contributed by atoms with E-state index < -0.39 is 0 Å². The molecule has 0 amide bonds. The lowest BCUT2D eigenvalue weighted by atomic mass is 9.69. The summed E-state index contributed by atoms with van der Waals surface area (Å²) in [5, 5.41) is 0. The Hall–Kier alpha value is -4.10. The molecule has 5 aromatic rings. The number of hydrogen-bond donors (Lipinski definition) is 0. The second-order valence-corrected chi connectivity index (χ2v) is 16.0. The van der Waals surface area contributed by atoms with Crippen molar-refractivity contribution >= 4 is 17.1 Å². The first kappa shape index (κ1) is 30.0. The number of benzene rings is 5. The van der Waals surface area contributed by atoms with Crippen LogP contribution in [0.1, 0.15) is 112 Å². The Morgan fingerprint density at radius 2 is 1.17 bits per heavy atom. The van der Waals surface area contributed by atoms with Gasteiger partial charge in [0.05, 0.1) is 0 Å². The first-order valence-corrected chi connectivity index (χ1v) is 18.8. The molecule has 9 rings (SSSR count). The minimum Gasteiger partial charge on any atom is -0.310 e. The quantitative estimate of drug-likeness (QED) is 0.169. The Bertz CT molecular complexity index is 1910. The number of nitrogens with zero attached hydrogens (tertiary/aromatic N) is 1. The van der Waals surface area contributed by atoms with Crippen LogP contribution in [-0.2, 0) is 10.8 Å². The second-order valence-electron chi connectivity index (χ2n) is 16.0. The summed E-state index contributed by atoms with van der Waals surface area (Å²) in [6.45, 7) is 4.75. The third kappa shape index (κ3) is 4.88. The molecule has 0 saturated heterocycles. The fraction of sp³-hybridized carbons (Fsp3) is 0.362. The van der Waals surface area contributed by atoms with Gasteiger partial charge >= 0.3 is 0 Å². The zero-order chi connectivity index (χ0) is 32.3. The molecule has 3 atom stereocenters. The van der Waals surface area contributed by atoms with Crippen LogP contribution < -0.4 is 4.90 Å². The van der Waals surface area contributed by atoms with Crippen molar-refractivity contribution in [2.75, 3.05) is 4.90 Å². The van der Waals surface area contributed by atoms with E-state index in [0.717, 1.165) is 17.8 Å². The predicted octanol–water partition coefficient (Wildman–Crippen LogP) is 13.0. The molecule has 1 heteroatoms. The van der Waals surface area contributed by atoms with E-state index in [1.807, 2.05) is 0 Å². The average Bonchev–Trinajstić information content (AvgIpc) is 3.76. The zero-order valence-corrected chi connectivity index (χ0v) is 28.8. The Balaban J connectivity index is 1.14. The van der Waals surface area contributed by atoms with Crippen molar-refractivity contribution in [3.8, 4) is 11.1 Å². The molecular formula is C47H49N. The van der Waals surface area contributed by atoms with E-state index >= 15 is 0 Å². The van der Waals surface area contributed by atoms with E-state index in [4.69, 9.17) is 0 Å². The summed E-state index contributed by atoms with van der Waals surface area (Å²) < 4.78 is 0. The van der Waals surface area contributed by atoms with Crippen LogP contribution in [0.25, 0.3) is 11.1 Å². The van der Waals surface area contributed by atoms with Crippen molar-refractivity contribution < 1.29 is 0 Å². The third-order valence-electron chi connectivity index (χ3n) is 13.1. The van der Waals surface area contributed by atoms with Gasteiger partial charge in [0.2, 0.25) is 0 Å². The van der Waals surface area contributed by atoms with Gasteiger partial charge < -0.3 is 4.90 Å². The molecule has 242 valence electrons. The molecular weight excluding hydrogens is 579 g/mol. The lowest BCUT2D eigenvalue weighted by molar-refractivity contribution is 0.420. The molecule has 2 bridgehead atoms. The van der Waals surface area contributed by atoms with Crippen LogP contribution in [0.5, 0.6) is 0 Å². The summed E-state index contributed by atoms with van der Waals surface area (Å²) in [6.07, 6.45) is 13.4. The summed E-state index contributed by atoms with van der Waals surface area (Å²) >= 11 is 0. The maximum Gasteiger partial charge on any atom is 0.0468 e. The van der Waals surface area contributed by atoms with Crippen LogP contribution in [0.3, 0.4) is 0 Å². The normalized spacial score (nSPS) is 23.3. The van der Waals surface area contributed by atoms with Crippen molar-refractivity contribution in [3.63, 3.8) is 0 Å². The Morgan fingerprint density at radius 3 is 1.85 bits per heavy atom. The molecule has 48 heavy (non-hydrogen) atoms. The molecule has 3 saturated carbocycles. The number of fused-ring (bicyclic) bond motifs is 5. The zero-order valence-electron chi connectivity index (χ0n) is 28.8. The topological polar surface area (TPSA) is 3.24 Å². The predicted molar refractivity (Wildman–Crippen MR) is 202 cm³/mol. The average molecular weight is 628 g/mol. The van der Waals surface area contributed by atoms with Gasteiger partial charge in [0.15, 0.2) is 0 Å². The van der Waals surface area contributed by atoms with Crippen molar-refractivity contribution in [2.45, 2.75) is 94.8 Å². The van der Waals surface area contributed by atoms with E-state index in [1.54, 1.807) is 5.56 Å². The molecule has 4 aliphatic carbocycles. The van der Waals surface area contributed by atoms with Crippen LogP contribution in [0.15, 0.2) is 121 Å². The van der Waals surface area contributed by atoms with Gasteiger partial charge in [0, 0.05) is 27.9 Å². The highest BCUT2D eigenvalue weighted by Crippen LogP contribution is 2.54. The van der Waals surface area contributed by atoms with Crippen molar-refractivity contribution in [2.24, 2.45) is 11.8 Å². The fourth-order valence-electron chi connectivity index (χ4n) is 10.6. The van der Waals surface area contributed by atoms with E-state index in [0.29, 0.717) is 0 Å². The lowest BCUT2D eigenvalue weighted by Crippen LogP contribution is -2.27. The first-order chi connectivity index (χ1) is 23.5. The Labute approximate surface area is 288 Å². The molecule has 3 unspecified atom stereocenters. The maximum absolute atomic E-state index is 2.50. The monoisotopic (exact) mass is 627 g/mol. The van der Waals surface area contributed by atoms with Crippen LogP contribution in [0, 0.1) is 11.8 Å². The summed E-state index contributed by atoms with van der Waals surface area (Å²) in [5.74, 6) is 2.60. The third-order valence-corrected chi connectivity index (χ3v) is 13.1. The summed E-state index contributed by atoms with van der Waals surface area (Å²) in [7, 11) is 0. The summed E-state index contributed by atoms with van der Waals surface area (Å²) in [6, 6.07) is 47.0. The highest BCUT2D eigenvalue weighted by atomic mass is 15.1. The molecule has 0 spiro atoms. The molecule has 5 aromatic carbocycles. The maximum atomic E-state index is 2.50. The highest BCUT2D eigenvalue weighted by Gasteiger charge is 2.40. The molecule has 0 N–H and O–H groups in total. The molecule has 4 aliphatic rings. The SMILES string of the molecule is CC1(C)c2ccccc2-c2cc(N(c3ccc(C4CC5CCC4C5)cc3)c3ccc(C4(c5ccccc5)CCCCCC4)cc3)ccc21. The van der Waals surface area contributed by atoms with Crippen molar-refractivity contribution in [3.05, 3.63) is 149 Å². The number of hydrogen-bond acceptors (Lipinski definition) is 1. The van der Waals surface area contributed by atoms with Gasteiger partial charge in [-0.05, 0) is 125 Å². The highest BCUT2D eigenvalue weighted by molar-refractivity contribution is 5.86. The van der Waals surface area contributed by atoms with Crippen LogP contribution in [0.2, 0.25) is 0 Å². The molecule has 3 fully saturated rings. The number of rotatable bonds is 6. The molecule has 0 aromatic heterocycles. The fourth-order valence-corrected chi connectivity index (χ4v) is 10.6. The largest absolute Gasteiger partial charge is 0.310 e. The van der Waals surface area contributed by atoms with Gasteiger partial charge in [0.1, 0.15) is 0 Å². The molecule has 0 heterocycles. The number of anilines is 3. The van der Waals surface area contributed by atoms with Crippen molar-refractivity contribution in [1.29, 1.82) is 0 Å². The van der Waals surface area contributed by atoms with Gasteiger partial charge in [-0.1, -0.05) is 131 Å². The molecule has 0 radical (unpaired) electrons. The minimum absolute atomic E-state index is 0.00369. The Morgan fingerprint density at radius 1 is 0.542 bits per heavy atom. The summed E-state index contributed by atoms with van der Waals surface area (Å²) in [5.41, 5.74) is 13.9. The summed E-state index contributed by atoms with van der Waals surface area (Å²) in [4.78, 5) is 2.50. The van der Waals surface area contributed by atoms with E-state index in [9.17, 15) is 0 Å². The molecule has 0 aliphatic heterocycles. The first-order valence-electron chi connectivity index (χ1n) is 18.8. The standard InChI is InChI=1S/C47H49N/c1-46(2)44-15-9-8-14-41(44)43-32-40(26-27-45(43)46)48(38-22-18-34(19-23-38)42-31-33-16-17-35(42)30-33)39-24-20-37(21-25-39)47(28-10-3-4-11-29-47)36-12-6-5-7-13-36/h5-9,12-15,18-27,32-33,35,42H,3-4,10-11,16-17,28-31H2,1-2H3. The minimum atomic E-state index is 0.00369. The lowest BCUT2D eigenvalue weighted by Gasteiger charge is -2.35. The molecule has 1 nitrogen and oxygen atoms in total. The second kappa shape index (κ2) is 11.8. The van der Waals surface area contributed by atoms with Gasteiger partial charge in [-0.25, -0.2) is 0 Å². The van der Waals surface area contributed by atoms with Gasteiger partial charge in [0.25, 0.3) is 0 Å². The van der Waals surface area contributed by atoms with Gasteiger partial charge in [-0.2, -0.15) is 0 Å². The Kier molecular flexibility index (Phi) is 7.37. The van der Waals surface area contributed by atoms with Gasteiger partial charge in [-0.15, -0.1) is 0 Å². The van der Waals surface area contributed by atoms with E-state index in [1.165, 1.54) is 115 Å².